The van der Waals surface area contributed by atoms with E-state index in [1.165, 1.54) is 65.2 Å². The number of nitrogens with one attached hydrogen (secondary N) is 2. The highest BCUT2D eigenvalue weighted by atomic mass is 31.2. The van der Waals surface area contributed by atoms with Gasteiger partial charge < -0.3 is 0 Å². The Balaban J connectivity index is 1.49. The molecular weight excluding hydrogens is 666 g/mol. The number of anilines is 2. The fourth-order valence-corrected chi connectivity index (χ4v) is 14.2. The molecule has 7 aromatic rings. The topological polar surface area (TPSA) is 24.1 Å². The third kappa shape index (κ3) is 6.95. The van der Waals surface area contributed by atoms with Crippen LogP contribution in [0.2, 0.25) is 0 Å². The van der Waals surface area contributed by atoms with Gasteiger partial charge in [0.15, 0.2) is 14.8 Å². The minimum absolute atomic E-state index is 1.08. The van der Waals surface area contributed by atoms with Crippen LogP contribution < -0.4 is 42.0 Å². The van der Waals surface area contributed by atoms with Crippen LogP contribution in [-0.2, 0) is 0 Å². The molecule has 0 aliphatic heterocycles. The number of benzene rings is 7. The fraction of sp³-hybridized carbons (Fsp3) is 0.125. The van der Waals surface area contributed by atoms with E-state index < -0.39 is 14.8 Å². The number of aryl methyl sites for hydroxylation is 6. The monoisotopic (exact) mass is 714 g/mol. The van der Waals surface area contributed by atoms with Crippen molar-refractivity contribution in [3.63, 3.8) is 0 Å². The first-order valence-corrected chi connectivity index (χ1v) is 21.6. The normalized spacial score (nSPS) is 11.7. The molecule has 0 radical (unpaired) electrons. The van der Waals surface area contributed by atoms with Gasteiger partial charge in [0, 0.05) is 0 Å². The van der Waals surface area contributed by atoms with Crippen LogP contribution in [0.5, 0.6) is 0 Å². The number of rotatable bonds is 10. The molecule has 0 aromatic heterocycles. The second-order valence-electron chi connectivity index (χ2n) is 14.1. The van der Waals surface area contributed by atoms with Crippen molar-refractivity contribution in [3.05, 3.63) is 203 Å². The first-order chi connectivity index (χ1) is 25.2. The van der Waals surface area contributed by atoms with Crippen LogP contribution in [0.15, 0.2) is 170 Å². The molecule has 2 N–H and O–H groups in total. The Hall–Kier alpha value is -5.00. The Morgan fingerprint density at radius 1 is 0.250 bits per heavy atom. The molecule has 0 atom stereocenters. The van der Waals surface area contributed by atoms with Gasteiger partial charge in [-0.2, -0.15) is 0 Å². The van der Waals surface area contributed by atoms with E-state index in [0.29, 0.717) is 0 Å². The minimum Gasteiger partial charge on any atom is -0.244 e. The highest BCUT2D eigenvalue weighted by Crippen LogP contribution is 2.59. The molecule has 7 rings (SSSR count). The summed E-state index contributed by atoms with van der Waals surface area (Å²) in [6, 6.07) is 63.8. The van der Waals surface area contributed by atoms with Gasteiger partial charge in [-0.1, -0.05) is 118 Å². The zero-order valence-corrected chi connectivity index (χ0v) is 32.8. The molecule has 0 unspecified atom stereocenters. The van der Waals surface area contributed by atoms with Crippen LogP contribution in [-0.4, -0.2) is 0 Å². The molecule has 0 saturated carbocycles. The van der Waals surface area contributed by atoms with Gasteiger partial charge in [0.05, 0.1) is 11.4 Å². The molecule has 0 saturated heterocycles. The van der Waals surface area contributed by atoms with E-state index in [9.17, 15) is 0 Å². The van der Waals surface area contributed by atoms with Crippen molar-refractivity contribution in [2.24, 2.45) is 0 Å². The molecule has 52 heavy (non-hydrogen) atoms. The highest BCUT2D eigenvalue weighted by Gasteiger charge is 2.49. The summed E-state index contributed by atoms with van der Waals surface area (Å²) in [6.45, 7) is 13.0. The van der Waals surface area contributed by atoms with E-state index in [1.807, 2.05) is 0 Å². The zero-order chi connectivity index (χ0) is 36.3. The van der Waals surface area contributed by atoms with Gasteiger partial charge in [-0.05, 0) is 126 Å². The van der Waals surface area contributed by atoms with E-state index in [0.717, 1.165) is 11.4 Å². The van der Waals surface area contributed by atoms with Crippen LogP contribution in [0.3, 0.4) is 0 Å². The maximum atomic E-state index is 4.34. The lowest BCUT2D eigenvalue weighted by Gasteiger charge is -2.32. The van der Waals surface area contributed by atoms with Gasteiger partial charge in [-0.3, -0.25) is 0 Å². The molecular formula is C48H48N2P2+2. The first kappa shape index (κ1) is 35.4. The van der Waals surface area contributed by atoms with Gasteiger partial charge >= 0.3 is 0 Å². The Kier molecular flexibility index (Phi) is 10.2. The Labute approximate surface area is 311 Å². The third-order valence-corrected chi connectivity index (χ3v) is 17.6. The van der Waals surface area contributed by atoms with Crippen LogP contribution in [0.25, 0.3) is 0 Å². The zero-order valence-electron chi connectivity index (χ0n) is 31.1. The number of hydrogen-bond donors (Lipinski definition) is 2. The molecule has 0 heterocycles. The van der Waals surface area contributed by atoms with E-state index in [4.69, 9.17) is 0 Å². The van der Waals surface area contributed by atoms with Crippen LogP contribution in [0.1, 0.15) is 33.4 Å². The van der Waals surface area contributed by atoms with Crippen molar-refractivity contribution in [2.45, 2.75) is 41.5 Å². The quantitative estimate of drug-likeness (QED) is 0.138. The SMILES string of the molecule is Cc1ccc([P+](Nc2ccccc2N[P+](c2ccc(C)cc2)(c2ccc(C)cc2)c2ccc(C)cc2)(c2ccc(C)cc2)c2ccc(C)cc2)cc1. The summed E-state index contributed by atoms with van der Waals surface area (Å²) >= 11 is 0. The predicted molar refractivity (Wildman–Crippen MR) is 232 cm³/mol. The maximum Gasteiger partial charge on any atom is 0.199 e. The molecule has 0 spiro atoms. The van der Waals surface area contributed by atoms with Gasteiger partial charge in [-0.15, -0.1) is 0 Å². The lowest BCUT2D eigenvalue weighted by atomic mass is 10.2. The van der Waals surface area contributed by atoms with E-state index in [2.05, 4.69) is 222 Å². The van der Waals surface area contributed by atoms with Crippen molar-refractivity contribution in [2.75, 3.05) is 10.2 Å². The minimum atomic E-state index is -2.44. The summed E-state index contributed by atoms with van der Waals surface area (Å²) < 4.78 is 0. The summed E-state index contributed by atoms with van der Waals surface area (Å²) in [7, 11) is -4.88. The largest absolute Gasteiger partial charge is 0.244 e. The second kappa shape index (κ2) is 14.9. The number of para-hydroxylation sites is 2. The Bertz CT molecular complexity index is 1870. The van der Waals surface area contributed by atoms with E-state index in [-0.39, 0.29) is 0 Å². The summed E-state index contributed by atoms with van der Waals surface area (Å²) in [5.41, 5.74) is 9.66. The standard InChI is InChI=1S/C48H48N2P2/c1-35-11-23-41(24-12-35)51(42-25-13-36(2)14-26-42,43-27-15-37(3)16-28-43)49-47-9-7-8-10-48(47)50-52(44-29-17-38(4)18-30-44,45-31-19-39(5)20-32-45)46-33-21-40(6)22-34-46/h7-34,49-50H,1-6H3/q+2. The Morgan fingerprint density at radius 3 is 0.596 bits per heavy atom. The van der Waals surface area contributed by atoms with Crippen LogP contribution >= 0.6 is 14.8 Å². The van der Waals surface area contributed by atoms with Crippen molar-refractivity contribution < 1.29 is 0 Å². The third-order valence-electron chi connectivity index (χ3n) is 10.0. The van der Waals surface area contributed by atoms with E-state index in [1.54, 1.807) is 0 Å². The van der Waals surface area contributed by atoms with Crippen LogP contribution in [0.4, 0.5) is 11.4 Å². The maximum absolute atomic E-state index is 4.34. The molecule has 4 heteroatoms. The summed E-state index contributed by atoms with van der Waals surface area (Å²) in [4.78, 5) is 0. The smallest absolute Gasteiger partial charge is 0.199 e. The molecule has 258 valence electrons. The molecule has 0 bridgehead atoms. The molecule has 7 aromatic carbocycles. The van der Waals surface area contributed by atoms with Gasteiger partial charge in [-0.25, -0.2) is 10.2 Å². The van der Waals surface area contributed by atoms with Crippen molar-refractivity contribution in [3.8, 4) is 0 Å². The van der Waals surface area contributed by atoms with Crippen molar-refractivity contribution >= 4 is 58.0 Å². The Morgan fingerprint density at radius 2 is 0.423 bits per heavy atom. The average Bonchev–Trinajstić information content (AvgIpc) is 3.16. The summed E-state index contributed by atoms with van der Waals surface area (Å²) in [5, 5.41) is 16.4. The van der Waals surface area contributed by atoms with Gasteiger partial charge in [0.1, 0.15) is 31.8 Å². The second-order valence-corrected chi connectivity index (χ2v) is 20.4. The molecule has 0 amide bonds. The van der Waals surface area contributed by atoms with Gasteiger partial charge in [0.2, 0.25) is 0 Å². The summed E-state index contributed by atoms with van der Waals surface area (Å²) in [5.74, 6) is 0. The lowest BCUT2D eigenvalue weighted by molar-refractivity contribution is 1.47. The first-order valence-electron chi connectivity index (χ1n) is 18.0. The number of hydrogen-bond acceptors (Lipinski definition) is 2. The predicted octanol–water partition coefficient (Wildman–Crippen LogP) is 10.2. The lowest BCUT2D eigenvalue weighted by Crippen LogP contribution is -2.38. The molecule has 0 fully saturated rings. The van der Waals surface area contributed by atoms with E-state index >= 15 is 0 Å². The summed E-state index contributed by atoms with van der Waals surface area (Å²) in [6.07, 6.45) is 0. The molecule has 0 aliphatic rings. The fourth-order valence-electron chi connectivity index (χ4n) is 6.93. The molecule has 2 nitrogen and oxygen atoms in total. The van der Waals surface area contributed by atoms with Gasteiger partial charge in [0.25, 0.3) is 0 Å². The molecule has 0 aliphatic carbocycles. The average molecular weight is 715 g/mol. The van der Waals surface area contributed by atoms with Crippen molar-refractivity contribution in [1.82, 2.24) is 0 Å². The van der Waals surface area contributed by atoms with Crippen LogP contribution in [0, 0.1) is 41.5 Å². The highest BCUT2D eigenvalue weighted by molar-refractivity contribution is 7.97. The van der Waals surface area contributed by atoms with Crippen molar-refractivity contribution in [1.29, 1.82) is 0 Å².